The number of benzene rings is 2. The number of nitrogens with two attached hydrogens (primary N) is 1. The minimum atomic E-state index is -4.18. The van der Waals surface area contributed by atoms with Crippen molar-refractivity contribution in [2.45, 2.75) is 75.4 Å². The number of unbranched alkanes of at least 4 members (excludes halogenated alkanes) is 1. The highest BCUT2D eigenvalue weighted by atomic mass is 32.2. The molecule has 3 heterocycles. The minimum absolute atomic E-state index is 0.0129. The fraction of sp³-hybridized carbons (Fsp3) is 0.559. The summed E-state index contributed by atoms with van der Waals surface area (Å²) in [5, 5.41) is 25.6. The maximum absolute atomic E-state index is 14.3. The van der Waals surface area contributed by atoms with Gasteiger partial charge < -0.3 is 39.8 Å². The van der Waals surface area contributed by atoms with Crippen molar-refractivity contribution in [2.75, 3.05) is 39.6 Å². The van der Waals surface area contributed by atoms with E-state index < -0.39 is 46.1 Å². The number of ether oxygens (including phenoxy) is 5. The van der Waals surface area contributed by atoms with Crippen molar-refractivity contribution < 1.29 is 42.0 Å². The highest BCUT2D eigenvalue weighted by Crippen LogP contribution is 2.36. The van der Waals surface area contributed by atoms with E-state index in [0.29, 0.717) is 50.3 Å². The van der Waals surface area contributed by atoms with Gasteiger partial charge in [-0.3, -0.25) is 10.3 Å². The Bertz CT molecular complexity index is 1640. The average Bonchev–Trinajstić information content (AvgIpc) is 3.83. The zero-order valence-corrected chi connectivity index (χ0v) is 29.1. The Labute approximate surface area is 292 Å². The van der Waals surface area contributed by atoms with Gasteiger partial charge in [0, 0.05) is 25.7 Å². The topological polar surface area (TPSA) is 207 Å². The monoisotopic (exact) mass is 714 g/mol. The Morgan fingerprint density at radius 1 is 1.18 bits per heavy atom. The molecule has 2 aromatic rings. The molecule has 0 saturated carbocycles. The van der Waals surface area contributed by atoms with Gasteiger partial charge in [0.1, 0.15) is 6.10 Å². The SMILES string of the molecule is CC(C)(CCCCN=C(N)NC#N)CN(C[C@@H](O)[C@H](Cc1ccccc1)NC(=O)O[C@H]1CO[C@H]2OCC[C@H]21)S(=O)(=O)c1ccc2c(c1)OCO2. The first-order valence-corrected chi connectivity index (χ1v) is 18.2. The van der Waals surface area contributed by atoms with Gasteiger partial charge in [0.15, 0.2) is 24.0 Å². The largest absolute Gasteiger partial charge is 0.454 e. The van der Waals surface area contributed by atoms with Crippen LogP contribution < -0.4 is 25.8 Å². The van der Waals surface area contributed by atoms with E-state index in [9.17, 15) is 18.3 Å². The molecule has 16 heteroatoms. The number of alkyl carbamates (subject to hydrolysis) is 1. The number of aliphatic hydroxyl groups is 1. The van der Waals surface area contributed by atoms with Crippen molar-refractivity contribution >= 4 is 22.1 Å². The van der Waals surface area contributed by atoms with Crippen molar-refractivity contribution in [3.05, 3.63) is 54.1 Å². The molecule has 0 unspecified atom stereocenters. The molecule has 50 heavy (non-hydrogen) atoms. The molecule has 0 bridgehead atoms. The summed E-state index contributed by atoms with van der Waals surface area (Å²) < 4.78 is 57.6. The molecule has 5 N–H and O–H groups in total. The van der Waals surface area contributed by atoms with Crippen LogP contribution in [-0.2, 0) is 30.7 Å². The van der Waals surface area contributed by atoms with Crippen molar-refractivity contribution in [3.63, 3.8) is 0 Å². The van der Waals surface area contributed by atoms with Crippen LogP contribution in [0.25, 0.3) is 0 Å². The van der Waals surface area contributed by atoms with Gasteiger partial charge in [-0.05, 0) is 48.8 Å². The minimum Gasteiger partial charge on any atom is -0.454 e. The van der Waals surface area contributed by atoms with Crippen LogP contribution in [0.4, 0.5) is 4.79 Å². The molecule has 5 rings (SSSR count). The summed E-state index contributed by atoms with van der Waals surface area (Å²) >= 11 is 0. The quantitative estimate of drug-likeness (QED) is 0.0651. The van der Waals surface area contributed by atoms with E-state index in [0.717, 1.165) is 5.56 Å². The fourth-order valence-corrected chi connectivity index (χ4v) is 8.02. The number of nitrogens with zero attached hydrogens (tertiary/aromatic N) is 3. The van der Waals surface area contributed by atoms with E-state index in [1.54, 1.807) is 12.3 Å². The number of sulfonamides is 1. The van der Waals surface area contributed by atoms with Crippen LogP contribution in [0.2, 0.25) is 0 Å². The van der Waals surface area contributed by atoms with Crippen LogP contribution in [-0.4, -0.2) is 94.1 Å². The molecule has 15 nitrogen and oxygen atoms in total. The summed E-state index contributed by atoms with van der Waals surface area (Å²) in [6, 6.07) is 12.8. The van der Waals surface area contributed by atoms with Crippen LogP contribution in [0.3, 0.4) is 0 Å². The number of rotatable bonds is 16. The molecule has 3 aliphatic rings. The van der Waals surface area contributed by atoms with Crippen LogP contribution >= 0.6 is 0 Å². The zero-order chi connectivity index (χ0) is 35.7. The standard InChI is InChI=1S/C34H46N6O9S/c1-34(2,13-6-7-14-37-32(36)38-21-35)20-40(50(43,44)24-10-11-28-29(17-24)48-22-47-28)18-27(41)26(16-23-8-4-3-5-9-23)39-33(42)49-30-19-46-31-25(30)12-15-45-31/h3-5,8-11,17,25-27,30-31,41H,6-7,12-16,18-20,22H2,1-2H3,(H,39,42)(H3,36,37,38)/t25-,26-,27+,30-,31+/m0/s1. The highest BCUT2D eigenvalue weighted by Gasteiger charge is 2.44. The fourth-order valence-electron chi connectivity index (χ4n) is 6.36. The first kappa shape index (κ1) is 37.1. The molecule has 5 atom stereocenters. The van der Waals surface area contributed by atoms with Gasteiger partial charge in [-0.25, -0.2) is 13.2 Å². The number of aliphatic imine (C=N–C) groups is 1. The average molecular weight is 715 g/mol. The van der Waals surface area contributed by atoms with Gasteiger partial charge in [-0.1, -0.05) is 50.6 Å². The highest BCUT2D eigenvalue weighted by molar-refractivity contribution is 7.89. The summed E-state index contributed by atoms with van der Waals surface area (Å²) in [4.78, 5) is 17.3. The van der Waals surface area contributed by atoms with Gasteiger partial charge >= 0.3 is 6.09 Å². The molecular formula is C34H46N6O9S. The van der Waals surface area contributed by atoms with Gasteiger partial charge in [-0.15, -0.1) is 0 Å². The van der Waals surface area contributed by atoms with Crippen molar-refractivity contribution in [3.8, 4) is 17.7 Å². The Kier molecular flexibility index (Phi) is 12.4. The van der Waals surface area contributed by atoms with E-state index in [2.05, 4.69) is 15.6 Å². The molecule has 272 valence electrons. The molecular weight excluding hydrogens is 668 g/mol. The van der Waals surface area contributed by atoms with E-state index in [-0.39, 0.29) is 49.7 Å². The Morgan fingerprint density at radius 2 is 1.96 bits per heavy atom. The summed E-state index contributed by atoms with van der Waals surface area (Å²) in [6.07, 6.45) is 1.71. The maximum Gasteiger partial charge on any atom is 0.407 e. The summed E-state index contributed by atoms with van der Waals surface area (Å²) in [5.74, 6) is 0.727. The third-order valence-electron chi connectivity index (χ3n) is 9.01. The third-order valence-corrected chi connectivity index (χ3v) is 10.8. The predicted molar refractivity (Wildman–Crippen MR) is 181 cm³/mol. The zero-order valence-electron chi connectivity index (χ0n) is 28.3. The second-order valence-electron chi connectivity index (χ2n) is 13.4. The summed E-state index contributed by atoms with van der Waals surface area (Å²) in [7, 11) is -4.18. The number of hydrogen-bond donors (Lipinski definition) is 4. The molecule has 2 aromatic carbocycles. The smallest absolute Gasteiger partial charge is 0.407 e. The maximum atomic E-state index is 14.3. The first-order chi connectivity index (χ1) is 23.9. The lowest BCUT2D eigenvalue weighted by Crippen LogP contribution is -2.52. The Morgan fingerprint density at radius 3 is 2.74 bits per heavy atom. The van der Waals surface area contributed by atoms with Crippen molar-refractivity contribution in [2.24, 2.45) is 22.1 Å². The van der Waals surface area contributed by atoms with E-state index in [1.165, 1.54) is 16.4 Å². The van der Waals surface area contributed by atoms with Gasteiger partial charge in [0.05, 0.1) is 36.2 Å². The number of carbonyl (C=O) groups is 1. The van der Waals surface area contributed by atoms with Crippen LogP contribution in [0.1, 0.15) is 45.1 Å². The number of amides is 1. The molecule has 0 aromatic heterocycles. The third kappa shape index (κ3) is 9.76. The molecule has 0 spiro atoms. The van der Waals surface area contributed by atoms with Crippen LogP contribution in [0, 0.1) is 22.8 Å². The number of hydrogen-bond acceptors (Lipinski definition) is 11. The van der Waals surface area contributed by atoms with Crippen molar-refractivity contribution in [1.82, 2.24) is 14.9 Å². The van der Waals surface area contributed by atoms with Gasteiger partial charge in [0.25, 0.3) is 0 Å². The lowest BCUT2D eigenvalue weighted by Gasteiger charge is -2.35. The van der Waals surface area contributed by atoms with Gasteiger partial charge in [0.2, 0.25) is 22.8 Å². The lowest BCUT2D eigenvalue weighted by molar-refractivity contribution is -0.0907. The second kappa shape index (κ2) is 16.7. The van der Waals surface area contributed by atoms with E-state index >= 15 is 0 Å². The number of guanidine groups is 1. The normalized spacial score (nSPS) is 21.3. The van der Waals surface area contributed by atoms with Crippen molar-refractivity contribution in [1.29, 1.82) is 5.26 Å². The molecule has 2 saturated heterocycles. The Balaban J connectivity index is 1.34. The summed E-state index contributed by atoms with van der Waals surface area (Å²) in [5.41, 5.74) is 5.93. The van der Waals surface area contributed by atoms with E-state index in [1.807, 2.05) is 44.2 Å². The van der Waals surface area contributed by atoms with Gasteiger partial charge in [-0.2, -0.15) is 9.57 Å². The summed E-state index contributed by atoms with van der Waals surface area (Å²) in [6.45, 7) is 4.78. The molecule has 0 radical (unpaired) electrons. The second-order valence-corrected chi connectivity index (χ2v) is 15.4. The Hall–Kier alpha value is -4.14. The number of carbonyl (C=O) groups excluding carboxylic acids is 1. The van der Waals surface area contributed by atoms with Crippen LogP contribution in [0.15, 0.2) is 58.4 Å². The van der Waals surface area contributed by atoms with E-state index in [4.69, 9.17) is 34.7 Å². The number of nitriles is 1. The molecule has 2 fully saturated rings. The molecule has 0 aliphatic carbocycles. The van der Waals surface area contributed by atoms with Crippen LogP contribution in [0.5, 0.6) is 11.5 Å². The molecule has 1 amide bonds. The first-order valence-electron chi connectivity index (χ1n) is 16.7. The molecule has 3 aliphatic heterocycles. The number of fused-ring (bicyclic) bond motifs is 2. The number of aliphatic hydroxyl groups excluding tert-OH is 1. The lowest BCUT2D eigenvalue weighted by atomic mass is 9.87. The number of nitrogens with one attached hydrogen (secondary N) is 2. The predicted octanol–water partition coefficient (Wildman–Crippen LogP) is 2.45.